The number of hydrogen-bond donors (Lipinski definition) is 1. The van der Waals surface area contributed by atoms with Crippen LogP contribution in [0, 0.1) is 10.1 Å². The molecule has 1 N–H and O–H groups in total. The van der Waals surface area contributed by atoms with Gasteiger partial charge in [-0.25, -0.2) is 5.43 Å². The van der Waals surface area contributed by atoms with E-state index in [1.54, 1.807) is 26.4 Å². The number of nitro groups is 1. The van der Waals surface area contributed by atoms with Crippen molar-refractivity contribution in [2.24, 2.45) is 5.10 Å². The van der Waals surface area contributed by atoms with Crippen LogP contribution in [0.4, 0.5) is 11.4 Å². The highest BCUT2D eigenvalue weighted by atomic mass is 32.2. The molecule has 0 bridgehead atoms. The van der Waals surface area contributed by atoms with Crippen molar-refractivity contribution in [3.8, 4) is 11.5 Å². The zero-order valence-electron chi connectivity index (χ0n) is 17.4. The second-order valence-corrected chi connectivity index (χ2v) is 7.84. The lowest BCUT2D eigenvalue weighted by atomic mass is 10.1. The van der Waals surface area contributed by atoms with Gasteiger partial charge in [-0.05, 0) is 31.0 Å². The van der Waals surface area contributed by atoms with Crippen LogP contribution in [0.15, 0.2) is 46.4 Å². The molecule has 0 radical (unpaired) electrons. The number of non-ortho nitro benzene ring substituents is 1. The first-order chi connectivity index (χ1) is 15.0. The Bertz CT molecular complexity index is 959. The Hall–Kier alpha value is -3.27. The van der Waals surface area contributed by atoms with Gasteiger partial charge in [-0.1, -0.05) is 0 Å². The summed E-state index contributed by atoms with van der Waals surface area (Å²) in [5, 5.41) is 14.7. The number of thioether (sulfide) groups is 1. The molecule has 1 aliphatic heterocycles. The van der Waals surface area contributed by atoms with E-state index >= 15 is 0 Å². The molecule has 0 atom stereocenters. The van der Waals surface area contributed by atoms with Gasteiger partial charge in [0, 0.05) is 41.7 Å². The van der Waals surface area contributed by atoms with Gasteiger partial charge >= 0.3 is 0 Å². The van der Waals surface area contributed by atoms with Crippen LogP contribution in [0.5, 0.6) is 11.5 Å². The third-order valence-electron chi connectivity index (χ3n) is 4.79. The van der Waals surface area contributed by atoms with Gasteiger partial charge in [-0.3, -0.25) is 14.9 Å². The fraction of sp³-hybridized carbons (Fsp3) is 0.333. The first-order valence-corrected chi connectivity index (χ1v) is 10.7. The number of rotatable bonds is 9. The van der Waals surface area contributed by atoms with Crippen molar-refractivity contribution in [1.29, 1.82) is 0 Å². The van der Waals surface area contributed by atoms with Gasteiger partial charge in [-0.2, -0.15) is 5.10 Å². The van der Waals surface area contributed by atoms with E-state index in [2.05, 4.69) is 15.4 Å². The van der Waals surface area contributed by atoms with Crippen molar-refractivity contribution in [3.63, 3.8) is 0 Å². The molecular weight excluding hydrogens is 420 g/mol. The van der Waals surface area contributed by atoms with Crippen molar-refractivity contribution in [1.82, 2.24) is 5.43 Å². The maximum atomic E-state index is 12.1. The third-order valence-corrected chi connectivity index (χ3v) is 5.80. The Kier molecular flexibility index (Phi) is 7.71. The fourth-order valence-corrected chi connectivity index (χ4v) is 3.92. The number of carbonyl (C=O) groups is 1. The quantitative estimate of drug-likeness (QED) is 0.273. The van der Waals surface area contributed by atoms with E-state index in [4.69, 9.17) is 9.47 Å². The second kappa shape index (κ2) is 10.7. The number of nitrogens with one attached hydrogen (secondary N) is 1. The lowest BCUT2D eigenvalue weighted by Gasteiger charge is -2.22. The fourth-order valence-electron chi connectivity index (χ4n) is 3.23. The van der Waals surface area contributed by atoms with E-state index in [1.807, 2.05) is 12.1 Å². The minimum atomic E-state index is -0.461. The molecule has 3 rings (SSSR count). The van der Waals surface area contributed by atoms with Crippen molar-refractivity contribution >= 4 is 35.3 Å². The lowest BCUT2D eigenvalue weighted by Crippen LogP contribution is -2.20. The summed E-state index contributed by atoms with van der Waals surface area (Å²) in [4.78, 5) is 25.3. The predicted octanol–water partition coefficient (Wildman–Crippen LogP) is 3.45. The molecule has 0 spiro atoms. The highest BCUT2D eigenvalue weighted by molar-refractivity contribution is 8.00. The molecule has 0 aromatic heterocycles. The molecule has 164 valence electrons. The molecule has 0 aliphatic carbocycles. The Morgan fingerprint density at radius 3 is 2.48 bits per heavy atom. The number of amides is 1. The highest BCUT2D eigenvalue weighted by Crippen LogP contribution is 2.36. The van der Waals surface area contributed by atoms with Crippen LogP contribution in [-0.4, -0.2) is 50.1 Å². The van der Waals surface area contributed by atoms with Gasteiger partial charge < -0.3 is 14.4 Å². The normalized spacial score (nSPS) is 13.4. The summed E-state index contributed by atoms with van der Waals surface area (Å²) in [6.45, 7) is 1.96. The smallest absolute Gasteiger partial charge is 0.269 e. The van der Waals surface area contributed by atoms with Crippen molar-refractivity contribution in [2.45, 2.75) is 17.7 Å². The molecule has 31 heavy (non-hydrogen) atoms. The predicted molar refractivity (Wildman–Crippen MR) is 121 cm³/mol. The van der Waals surface area contributed by atoms with Crippen molar-refractivity contribution < 1.29 is 19.2 Å². The molecule has 9 nitrogen and oxygen atoms in total. The van der Waals surface area contributed by atoms with Crippen LogP contribution in [0.1, 0.15) is 18.4 Å². The molecule has 2 aromatic carbocycles. The molecular formula is C21H24N4O5S. The standard InChI is InChI=1S/C21H24N4O5S/c1-29-19-12-18(24-9-3-4-10-24)20(30-2)11-15(19)13-22-23-21(26)14-31-17-7-5-16(6-8-17)25(27)28/h5-8,11-13H,3-4,9-10,14H2,1-2H3,(H,23,26)/b22-13-. The van der Waals surface area contributed by atoms with E-state index < -0.39 is 4.92 Å². The van der Waals surface area contributed by atoms with Gasteiger partial charge in [0.25, 0.3) is 5.69 Å². The molecule has 10 heteroatoms. The third kappa shape index (κ3) is 5.88. The van der Waals surface area contributed by atoms with E-state index in [0.717, 1.165) is 42.3 Å². The van der Waals surface area contributed by atoms with E-state index in [0.29, 0.717) is 11.3 Å². The number of nitrogens with zero attached hydrogens (tertiary/aromatic N) is 3. The zero-order valence-corrected chi connectivity index (χ0v) is 18.2. The monoisotopic (exact) mass is 444 g/mol. The average Bonchev–Trinajstić information content (AvgIpc) is 3.32. The van der Waals surface area contributed by atoms with Crippen LogP contribution in [0.2, 0.25) is 0 Å². The van der Waals surface area contributed by atoms with Crippen LogP contribution in [0.25, 0.3) is 0 Å². The number of carbonyl (C=O) groups excluding carboxylic acids is 1. The van der Waals surface area contributed by atoms with Crippen LogP contribution >= 0.6 is 11.8 Å². The average molecular weight is 445 g/mol. The summed E-state index contributed by atoms with van der Waals surface area (Å²) < 4.78 is 11.0. The Morgan fingerprint density at radius 1 is 1.19 bits per heavy atom. The maximum Gasteiger partial charge on any atom is 0.269 e. The van der Waals surface area contributed by atoms with Gasteiger partial charge in [0.2, 0.25) is 5.91 Å². The Labute approximate surface area is 184 Å². The topological polar surface area (TPSA) is 106 Å². The highest BCUT2D eigenvalue weighted by Gasteiger charge is 2.19. The van der Waals surface area contributed by atoms with E-state index in [9.17, 15) is 14.9 Å². The lowest BCUT2D eigenvalue weighted by molar-refractivity contribution is -0.384. The number of nitro benzene ring substituents is 1. The van der Waals surface area contributed by atoms with Crippen molar-refractivity contribution in [2.75, 3.05) is 38.0 Å². The largest absolute Gasteiger partial charge is 0.496 e. The Morgan fingerprint density at radius 2 is 1.87 bits per heavy atom. The molecule has 1 saturated heterocycles. The summed E-state index contributed by atoms with van der Waals surface area (Å²) in [6.07, 6.45) is 3.82. The van der Waals surface area contributed by atoms with Crippen LogP contribution in [-0.2, 0) is 4.79 Å². The number of ether oxygens (including phenoxy) is 2. The van der Waals surface area contributed by atoms with Crippen LogP contribution in [0.3, 0.4) is 0 Å². The SMILES string of the molecule is COc1cc(N2CCCC2)c(OC)cc1/C=N\NC(=O)CSc1ccc([N+](=O)[O-])cc1. The number of anilines is 1. The summed E-state index contributed by atoms with van der Waals surface area (Å²) in [6, 6.07) is 9.80. The molecule has 1 aliphatic rings. The minimum Gasteiger partial charge on any atom is -0.496 e. The van der Waals surface area contributed by atoms with Gasteiger partial charge in [-0.15, -0.1) is 11.8 Å². The first kappa shape index (κ1) is 22.4. The summed E-state index contributed by atoms with van der Waals surface area (Å²) in [5.41, 5.74) is 4.17. The molecule has 1 heterocycles. The van der Waals surface area contributed by atoms with Gasteiger partial charge in [0.1, 0.15) is 11.5 Å². The number of methoxy groups -OCH3 is 2. The minimum absolute atomic E-state index is 0.0125. The summed E-state index contributed by atoms with van der Waals surface area (Å²) in [7, 11) is 3.21. The molecule has 1 amide bonds. The Balaban J connectivity index is 1.60. The maximum absolute atomic E-state index is 12.1. The van der Waals surface area contributed by atoms with Crippen molar-refractivity contribution in [3.05, 3.63) is 52.1 Å². The summed E-state index contributed by atoms with van der Waals surface area (Å²) in [5.74, 6) is 1.20. The number of hydrazone groups is 1. The van der Waals surface area contributed by atoms with E-state index in [1.165, 1.54) is 30.1 Å². The van der Waals surface area contributed by atoms with Gasteiger partial charge in [0.15, 0.2) is 0 Å². The van der Waals surface area contributed by atoms with Gasteiger partial charge in [0.05, 0.1) is 36.8 Å². The molecule has 1 fully saturated rings. The zero-order chi connectivity index (χ0) is 22.2. The number of hydrogen-bond acceptors (Lipinski definition) is 8. The van der Waals surface area contributed by atoms with Crippen LogP contribution < -0.4 is 19.8 Å². The van der Waals surface area contributed by atoms with E-state index in [-0.39, 0.29) is 17.3 Å². The molecule has 2 aromatic rings. The number of benzene rings is 2. The molecule has 0 unspecified atom stereocenters. The molecule has 0 saturated carbocycles. The summed E-state index contributed by atoms with van der Waals surface area (Å²) >= 11 is 1.27. The second-order valence-electron chi connectivity index (χ2n) is 6.79. The first-order valence-electron chi connectivity index (χ1n) is 9.72.